The summed E-state index contributed by atoms with van der Waals surface area (Å²) in [5.41, 5.74) is 1.35. The third kappa shape index (κ3) is 2.49. The number of halogens is 1. The number of benzene rings is 2. The van der Waals surface area contributed by atoms with Gasteiger partial charge in [0.05, 0.1) is 16.3 Å². The average molecular weight is 341 g/mol. The second kappa shape index (κ2) is 5.62. The molecule has 0 saturated carbocycles. The molecule has 4 rings (SSSR count). The van der Waals surface area contributed by atoms with Crippen LogP contribution in [0.4, 0.5) is 0 Å². The van der Waals surface area contributed by atoms with E-state index in [1.54, 1.807) is 30.3 Å². The summed E-state index contributed by atoms with van der Waals surface area (Å²) >= 11 is 5.89. The number of aromatic amines is 1. The molecule has 3 aromatic rings. The number of hydrogen-bond acceptors (Lipinski definition) is 3. The SMILES string of the molecule is C=c1[nH]n(-c2ccc(Cl)cc2)c(=O)c1=Cc1ccc2c(c1)OCO2. The van der Waals surface area contributed by atoms with E-state index >= 15 is 0 Å². The van der Waals surface area contributed by atoms with E-state index in [1.165, 1.54) is 4.68 Å². The molecule has 5 nitrogen and oxygen atoms in total. The second-order valence-electron chi connectivity index (χ2n) is 5.38. The van der Waals surface area contributed by atoms with E-state index in [0.717, 1.165) is 5.56 Å². The number of fused-ring (bicyclic) bond motifs is 1. The average Bonchev–Trinajstić information content (AvgIpc) is 3.15. The van der Waals surface area contributed by atoms with E-state index in [4.69, 9.17) is 21.1 Å². The molecule has 6 heteroatoms. The Hall–Kier alpha value is -2.92. The maximum absolute atomic E-state index is 12.7. The summed E-state index contributed by atoms with van der Waals surface area (Å²) < 4.78 is 12.1. The van der Waals surface area contributed by atoms with Crippen molar-refractivity contribution in [2.45, 2.75) is 0 Å². The van der Waals surface area contributed by atoms with Gasteiger partial charge in [0.2, 0.25) is 6.79 Å². The lowest BCUT2D eigenvalue weighted by molar-refractivity contribution is 0.174. The molecule has 0 unspecified atom stereocenters. The van der Waals surface area contributed by atoms with Crippen LogP contribution in [0.5, 0.6) is 11.5 Å². The topological polar surface area (TPSA) is 56.2 Å². The quantitative estimate of drug-likeness (QED) is 0.774. The van der Waals surface area contributed by atoms with Crippen molar-refractivity contribution in [3.05, 3.63) is 74.0 Å². The normalized spacial score (nSPS) is 13.5. The smallest absolute Gasteiger partial charge is 0.279 e. The molecule has 1 aliphatic heterocycles. The summed E-state index contributed by atoms with van der Waals surface area (Å²) in [5, 5.41) is 4.62. The minimum atomic E-state index is -0.181. The van der Waals surface area contributed by atoms with Gasteiger partial charge >= 0.3 is 0 Å². The summed E-state index contributed by atoms with van der Waals surface area (Å²) in [6.07, 6.45) is 1.77. The number of nitrogens with one attached hydrogen (secondary N) is 1. The number of nitrogens with zero attached hydrogens (tertiary/aromatic N) is 1. The van der Waals surface area contributed by atoms with Crippen molar-refractivity contribution < 1.29 is 9.47 Å². The maximum Gasteiger partial charge on any atom is 0.279 e. The first kappa shape index (κ1) is 14.7. The Bertz CT molecular complexity index is 1080. The van der Waals surface area contributed by atoms with Gasteiger partial charge in [-0.05, 0) is 48.0 Å². The lowest BCUT2D eigenvalue weighted by Gasteiger charge is -2.00. The van der Waals surface area contributed by atoms with E-state index in [0.29, 0.717) is 32.8 Å². The fraction of sp³-hybridized carbons (Fsp3) is 0.0556. The Morgan fingerprint density at radius 1 is 1.12 bits per heavy atom. The van der Waals surface area contributed by atoms with Crippen molar-refractivity contribution in [3.8, 4) is 17.2 Å². The summed E-state index contributed by atoms with van der Waals surface area (Å²) in [7, 11) is 0. The van der Waals surface area contributed by atoms with E-state index < -0.39 is 0 Å². The fourth-order valence-corrected chi connectivity index (χ4v) is 2.71. The van der Waals surface area contributed by atoms with Crippen LogP contribution in [0.25, 0.3) is 18.3 Å². The van der Waals surface area contributed by atoms with Gasteiger partial charge in [0.15, 0.2) is 11.5 Å². The van der Waals surface area contributed by atoms with Crippen LogP contribution in [0.2, 0.25) is 5.02 Å². The number of rotatable bonds is 2. The molecule has 0 atom stereocenters. The second-order valence-corrected chi connectivity index (χ2v) is 5.81. The third-order valence-corrected chi connectivity index (χ3v) is 4.05. The van der Waals surface area contributed by atoms with Gasteiger partial charge in [-0.15, -0.1) is 0 Å². The molecule has 0 radical (unpaired) electrons. The predicted octanol–water partition coefficient (Wildman–Crippen LogP) is 1.79. The van der Waals surface area contributed by atoms with Gasteiger partial charge in [-0.3, -0.25) is 9.89 Å². The van der Waals surface area contributed by atoms with Crippen molar-refractivity contribution in [2.75, 3.05) is 6.79 Å². The lowest BCUT2D eigenvalue weighted by atomic mass is 10.1. The molecule has 0 amide bonds. The lowest BCUT2D eigenvalue weighted by Crippen LogP contribution is -2.33. The highest BCUT2D eigenvalue weighted by atomic mass is 35.5. The zero-order chi connectivity index (χ0) is 16.7. The number of aromatic nitrogens is 2. The summed E-state index contributed by atoms with van der Waals surface area (Å²) in [5.74, 6) is 1.37. The third-order valence-electron chi connectivity index (χ3n) is 3.80. The largest absolute Gasteiger partial charge is 0.454 e. The summed E-state index contributed by atoms with van der Waals surface area (Å²) in [6, 6.07) is 12.5. The van der Waals surface area contributed by atoms with Crippen LogP contribution in [0.3, 0.4) is 0 Å². The van der Waals surface area contributed by atoms with Gasteiger partial charge in [-0.25, -0.2) is 4.68 Å². The molecule has 0 spiro atoms. The molecule has 2 aromatic carbocycles. The first-order chi connectivity index (χ1) is 11.6. The Labute approximate surface area is 142 Å². The molecule has 120 valence electrons. The van der Waals surface area contributed by atoms with Crippen molar-refractivity contribution in [3.63, 3.8) is 0 Å². The molecular formula is C18H13ClN2O3. The fourth-order valence-electron chi connectivity index (χ4n) is 2.59. The van der Waals surface area contributed by atoms with Gasteiger partial charge < -0.3 is 9.47 Å². The van der Waals surface area contributed by atoms with Crippen molar-refractivity contribution in [1.82, 2.24) is 9.78 Å². The van der Waals surface area contributed by atoms with E-state index in [9.17, 15) is 4.79 Å². The number of hydrogen-bond donors (Lipinski definition) is 1. The van der Waals surface area contributed by atoms with E-state index in [1.807, 2.05) is 18.2 Å². The predicted molar refractivity (Wildman–Crippen MR) is 92.3 cm³/mol. The van der Waals surface area contributed by atoms with Crippen LogP contribution in [-0.4, -0.2) is 16.6 Å². The zero-order valence-corrected chi connectivity index (χ0v) is 13.3. The molecule has 0 fully saturated rings. The minimum absolute atomic E-state index is 0.181. The highest BCUT2D eigenvalue weighted by Crippen LogP contribution is 2.32. The Morgan fingerprint density at radius 2 is 1.88 bits per heavy atom. The Morgan fingerprint density at radius 3 is 2.67 bits per heavy atom. The maximum atomic E-state index is 12.7. The molecule has 1 aliphatic rings. The van der Waals surface area contributed by atoms with Crippen molar-refractivity contribution in [2.24, 2.45) is 0 Å². The highest BCUT2D eigenvalue weighted by Gasteiger charge is 2.13. The molecule has 24 heavy (non-hydrogen) atoms. The zero-order valence-electron chi connectivity index (χ0n) is 12.6. The first-order valence-corrected chi connectivity index (χ1v) is 7.67. The van der Waals surface area contributed by atoms with Crippen LogP contribution in [-0.2, 0) is 0 Å². The van der Waals surface area contributed by atoms with E-state index in [-0.39, 0.29) is 12.4 Å². The van der Waals surface area contributed by atoms with Crippen molar-refractivity contribution >= 4 is 24.3 Å². The molecule has 1 N–H and O–H groups in total. The number of H-pyrrole nitrogens is 1. The van der Waals surface area contributed by atoms with Gasteiger partial charge in [0.1, 0.15) is 0 Å². The van der Waals surface area contributed by atoms with Crippen LogP contribution >= 0.6 is 11.6 Å². The Balaban J connectivity index is 1.83. The van der Waals surface area contributed by atoms with Crippen molar-refractivity contribution in [1.29, 1.82) is 0 Å². The molecule has 1 aromatic heterocycles. The Kier molecular flexibility index (Phi) is 3.43. The highest BCUT2D eigenvalue weighted by molar-refractivity contribution is 6.30. The summed E-state index contributed by atoms with van der Waals surface area (Å²) in [6.45, 7) is 4.14. The summed E-state index contributed by atoms with van der Waals surface area (Å²) in [4.78, 5) is 12.7. The van der Waals surface area contributed by atoms with Crippen LogP contribution in [0.1, 0.15) is 5.56 Å². The van der Waals surface area contributed by atoms with Gasteiger partial charge in [0, 0.05) is 5.02 Å². The van der Waals surface area contributed by atoms with Gasteiger partial charge in [0.25, 0.3) is 5.56 Å². The molecule has 0 aliphatic carbocycles. The number of ether oxygens (including phenoxy) is 2. The van der Waals surface area contributed by atoms with E-state index in [2.05, 4.69) is 11.7 Å². The van der Waals surface area contributed by atoms with Crippen LogP contribution in [0.15, 0.2) is 47.3 Å². The van der Waals surface area contributed by atoms with Gasteiger partial charge in [-0.2, -0.15) is 0 Å². The standard InChI is InChI=1S/C18H13ClN2O3/c1-11-15(8-12-2-7-16-17(9-12)24-10-23-16)18(22)21(20-11)14-5-3-13(19)4-6-14/h2-9,20H,1,10H2. The minimum Gasteiger partial charge on any atom is -0.454 e. The molecule has 0 saturated heterocycles. The van der Waals surface area contributed by atoms with Crippen LogP contribution < -0.4 is 25.6 Å². The molecular weight excluding hydrogens is 328 g/mol. The first-order valence-electron chi connectivity index (χ1n) is 7.29. The van der Waals surface area contributed by atoms with Crippen LogP contribution in [0, 0.1) is 0 Å². The van der Waals surface area contributed by atoms with Gasteiger partial charge in [-0.1, -0.05) is 24.2 Å². The monoisotopic (exact) mass is 340 g/mol. The molecule has 2 heterocycles. The molecule has 0 bridgehead atoms.